The fraction of sp³-hybridized carbons (Fsp3) is 0.409. The van der Waals surface area contributed by atoms with Crippen LogP contribution in [-0.2, 0) is 11.2 Å². The maximum absolute atomic E-state index is 12.6. The molecular weight excluding hydrogens is 324 g/mol. The van der Waals surface area contributed by atoms with Crippen molar-refractivity contribution in [3.05, 3.63) is 65.5 Å². The van der Waals surface area contributed by atoms with E-state index in [2.05, 4.69) is 41.9 Å². The SMILES string of the molecule is C=CC1=C(N(C)C(=O)OC(C)(C)C)/C(=C/N2CCc3ccccc32)CC1. The molecule has 1 aliphatic heterocycles. The Balaban J connectivity index is 1.89. The van der Waals surface area contributed by atoms with Gasteiger partial charge in [0.25, 0.3) is 0 Å². The van der Waals surface area contributed by atoms with Gasteiger partial charge in [0.05, 0.1) is 5.70 Å². The zero-order valence-electron chi connectivity index (χ0n) is 16.2. The number of rotatable bonds is 3. The van der Waals surface area contributed by atoms with Crippen molar-refractivity contribution in [3.8, 4) is 0 Å². The van der Waals surface area contributed by atoms with E-state index in [0.717, 1.165) is 42.7 Å². The van der Waals surface area contributed by atoms with Crippen LogP contribution in [0.2, 0.25) is 0 Å². The summed E-state index contributed by atoms with van der Waals surface area (Å²) in [7, 11) is 1.78. The Labute approximate surface area is 156 Å². The minimum absolute atomic E-state index is 0.332. The number of nitrogens with zero attached hydrogens (tertiary/aromatic N) is 2. The summed E-state index contributed by atoms with van der Waals surface area (Å²) in [6, 6.07) is 8.50. The van der Waals surface area contributed by atoms with Gasteiger partial charge in [-0.1, -0.05) is 30.9 Å². The quantitative estimate of drug-likeness (QED) is 0.764. The van der Waals surface area contributed by atoms with Crippen LogP contribution < -0.4 is 4.90 Å². The number of allylic oxidation sites excluding steroid dienone is 3. The van der Waals surface area contributed by atoms with Crippen LogP contribution in [0.3, 0.4) is 0 Å². The summed E-state index contributed by atoms with van der Waals surface area (Å²) >= 11 is 0. The molecule has 1 aliphatic carbocycles. The van der Waals surface area contributed by atoms with E-state index in [1.54, 1.807) is 11.9 Å². The van der Waals surface area contributed by atoms with Crippen molar-refractivity contribution in [2.45, 2.75) is 45.6 Å². The average molecular weight is 352 g/mol. The first-order valence-electron chi connectivity index (χ1n) is 9.18. The van der Waals surface area contributed by atoms with E-state index < -0.39 is 5.60 Å². The normalized spacial score (nSPS) is 18.3. The Hall–Kier alpha value is -2.49. The highest BCUT2D eigenvalue weighted by molar-refractivity contribution is 5.73. The van der Waals surface area contributed by atoms with Crippen LogP contribution >= 0.6 is 0 Å². The van der Waals surface area contributed by atoms with Crippen LogP contribution in [0.15, 0.2) is 60.0 Å². The first-order chi connectivity index (χ1) is 12.3. The molecule has 3 rings (SSSR count). The first-order valence-corrected chi connectivity index (χ1v) is 9.18. The maximum Gasteiger partial charge on any atom is 0.414 e. The molecule has 0 N–H and O–H groups in total. The van der Waals surface area contributed by atoms with Crippen molar-refractivity contribution in [3.63, 3.8) is 0 Å². The van der Waals surface area contributed by atoms with E-state index in [1.807, 2.05) is 26.8 Å². The standard InChI is InChI=1S/C22H28N2O2/c1-6-16-11-12-18(20(16)23(5)21(25)26-22(2,3)4)15-24-14-13-17-9-7-8-10-19(17)24/h6-10,15H,1,11-14H2,2-5H3/b18-15+. The molecule has 1 aromatic carbocycles. The van der Waals surface area contributed by atoms with Crippen LogP contribution in [0.5, 0.6) is 0 Å². The van der Waals surface area contributed by atoms with Gasteiger partial charge in [-0.2, -0.15) is 0 Å². The number of carbonyl (C=O) groups is 1. The van der Waals surface area contributed by atoms with Crippen LogP contribution in [0.4, 0.5) is 10.5 Å². The third kappa shape index (κ3) is 3.69. The number of hydrogen-bond donors (Lipinski definition) is 0. The monoisotopic (exact) mass is 352 g/mol. The molecule has 0 fully saturated rings. The molecule has 0 atom stereocenters. The Morgan fingerprint density at radius 3 is 2.65 bits per heavy atom. The number of carbonyl (C=O) groups excluding carboxylic acids is 1. The molecule has 0 unspecified atom stereocenters. The van der Waals surface area contributed by atoms with E-state index in [0.29, 0.717) is 0 Å². The second-order valence-corrected chi connectivity index (χ2v) is 7.84. The van der Waals surface area contributed by atoms with Gasteiger partial charge in [-0.25, -0.2) is 4.79 Å². The van der Waals surface area contributed by atoms with Crippen molar-refractivity contribution in [2.24, 2.45) is 0 Å². The molecule has 2 aliphatic rings. The molecule has 4 nitrogen and oxygen atoms in total. The lowest BCUT2D eigenvalue weighted by Gasteiger charge is -2.27. The number of anilines is 1. The highest BCUT2D eigenvalue weighted by Crippen LogP contribution is 2.37. The van der Waals surface area contributed by atoms with Crippen LogP contribution in [-0.4, -0.2) is 30.2 Å². The lowest BCUT2D eigenvalue weighted by molar-refractivity contribution is 0.0356. The summed E-state index contributed by atoms with van der Waals surface area (Å²) in [4.78, 5) is 16.5. The highest BCUT2D eigenvalue weighted by Gasteiger charge is 2.29. The number of ether oxygens (including phenoxy) is 1. The molecule has 0 radical (unpaired) electrons. The van der Waals surface area contributed by atoms with E-state index in [1.165, 1.54) is 11.3 Å². The Morgan fingerprint density at radius 1 is 1.23 bits per heavy atom. The third-order valence-electron chi connectivity index (χ3n) is 4.76. The van der Waals surface area contributed by atoms with E-state index in [9.17, 15) is 4.79 Å². The van der Waals surface area contributed by atoms with Crippen LogP contribution in [0.25, 0.3) is 0 Å². The van der Waals surface area contributed by atoms with Gasteiger partial charge in [0.15, 0.2) is 0 Å². The second kappa shape index (κ2) is 7.02. The molecule has 0 bridgehead atoms. The average Bonchev–Trinajstić information content (AvgIpc) is 3.17. The van der Waals surface area contributed by atoms with E-state index >= 15 is 0 Å². The molecule has 26 heavy (non-hydrogen) atoms. The third-order valence-corrected chi connectivity index (χ3v) is 4.76. The summed E-state index contributed by atoms with van der Waals surface area (Å²) in [6.45, 7) is 10.6. The highest BCUT2D eigenvalue weighted by atomic mass is 16.6. The molecule has 4 heteroatoms. The zero-order valence-corrected chi connectivity index (χ0v) is 16.2. The smallest absolute Gasteiger partial charge is 0.414 e. The van der Waals surface area contributed by atoms with Crippen molar-refractivity contribution >= 4 is 11.8 Å². The zero-order chi connectivity index (χ0) is 18.9. The Morgan fingerprint density at radius 2 is 1.96 bits per heavy atom. The molecule has 0 saturated carbocycles. The summed E-state index contributed by atoms with van der Waals surface area (Å²) in [5.41, 5.74) is 5.29. The first kappa shape index (κ1) is 18.3. The molecule has 138 valence electrons. The predicted octanol–water partition coefficient (Wildman–Crippen LogP) is 5.03. The van der Waals surface area contributed by atoms with Gasteiger partial charge in [-0.15, -0.1) is 0 Å². The molecule has 1 amide bonds. The lowest BCUT2D eigenvalue weighted by Crippen LogP contribution is -2.34. The fourth-order valence-electron chi connectivity index (χ4n) is 3.58. The predicted molar refractivity (Wildman–Crippen MR) is 106 cm³/mol. The summed E-state index contributed by atoms with van der Waals surface area (Å²) in [6.07, 6.45) is 6.57. The van der Waals surface area contributed by atoms with Gasteiger partial charge in [0.1, 0.15) is 5.60 Å². The number of benzene rings is 1. The number of para-hydroxylation sites is 1. The van der Waals surface area contributed by atoms with Crippen molar-refractivity contribution in [1.29, 1.82) is 0 Å². The van der Waals surface area contributed by atoms with Gasteiger partial charge in [0.2, 0.25) is 0 Å². The molecular formula is C22H28N2O2. The lowest BCUT2D eigenvalue weighted by atomic mass is 10.1. The fourth-order valence-corrected chi connectivity index (χ4v) is 3.58. The van der Waals surface area contributed by atoms with Gasteiger partial charge in [0, 0.05) is 25.5 Å². The number of hydrogen-bond acceptors (Lipinski definition) is 3. The second-order valence-electron chi connectivity index (χ2n) is 7.84. The van der Waals surface area contributed by atoms with Crippen LogP contribution in [0, 0.1) is 0 Å². The number of amides is 1. The van der Waals surface area contributed by atoms with E-state index in [4.69, 9.17) is 4.74 Å². The van der Waals surface area contributed by atoms with Gasteiger partial charge < -0.3 is 9.64 Å². The molecule has 0 saturated heterocycles. The van der Waals surface area contributed by atoms with Crippen molar-refractivity contribution < 1.29 is 9.53 Å². The number of likely N-dealkylation sites (N-methyl/N-ethyl adjacent to an activating group) is 1. The largest absolute Gasteiger partial charge is 0.443 e. The van der Waals surface area contributed by atoms with Crippen molar-refractivity contribution in [2.75, 3.05) is 18.5 Å². The Kier molecular flexibility index (Phi) is 4.94. The minimum atomic E-state index is -0.517. The summed E-state index contributed by atoms with van der Waals surface area (Å²) in [5, 5.41) is 0. The van der Waals surface area contributed by atoms with Crippen LogP contribution in [0.1, 0.15) is 39.2 Å². The number of fused-ring (bicyclic) bond motifs is 1. The molecule has 0 spiro atoms. The minimum Gasteiger partial charge on any atom is -0.443 e. The maximum atomic E-state index is 12.6. The molecule has 1 aromatic rings. The van der Waals surface area contributed by atoms with Gasteiger partial charge in [-0.05, 0) is 62.8 Å². The van der Waals surface area contributed by atoms with E-state index in [-0.39, 0.29) is 6.09 Å². The Bertz CT molecular complexity index is 784. The van der Waals surface area contributed by atoms with Gasteiger partial charge >= 0.3 is 6.09 Å². The topological polar surface area (TPSA) is 32.8 Å². The van der Waals surface area contributed by atoms with Crippen molar-refractivity contribution in [1.82, 2.24) is 4.90 Å². The van der Waals surface area contributed by atoms with Gasteiger partial charge in [-0.3, -0.25) is 4.90 Å². The summed E-state index contributed by atoms with van der Waals surface area (Å²) in [5.74, 6) is 0. The molecule has 0 aromatic heterocycles. The summed E-state index contributed by atoms with van der Waals surface area (Å²) < 4.78 is 5.56. The molecule has 1 heterocycles.